The number of hydrogen-bond acceptors (Lipinski definition) is 4. The van der Waals surface area contributed by atoms with Crippen LogP contribution in [0.1, 0.15) is 24.0 Å². The Morgan fingerprint density at radius 2 is 1.47 bits per heavy atom. The first kappa shape index (κ1) is 25.9. The van der Waals surface area contributed by atoms with E-state index in [9.17, 15) is 9.90 Å². The molecule has 2 atom stereocenters. The maximum atomic E-state index is 13.4. The predicted molar refractivity (Wildman–Crippen MR) is 128 cm³/mol. The quantitative estimate of drug-likeness (QED) is 0.354. The molecule has 0 aromatic heterocycles. The Bertz CT molecular complexity index is 993. The molecule has 34 heavy (non-hydrogen) atoms. The Labute approximate surface area is 212 Å². The zero-order chi connectivity index (χ0) is 23.2. The van der Waals surface area contributed by atoms with E-state index in [1.165, 1.54) is 0 Å². The van der Waals surface area contributed by atoms with Gasteiger partial charge in [-0.3, -0.25) is 0 Å². The van der Waals surface area contributed by atoms with Crippen molar-refractivity contribution < 1.29 is 40.8 Å². The largest absolute Gasteiger partial charge is 1.00 e. The van der Waals surface area contributed by atoms with Crippen molar-refractivity contribution >= 4 is 5.97 Å². The fourth-order valence-corrected chi connectivity index (χ4v) is 4.57. The second kappa shape index (κ2) is 11.6. The summed E-state index contributed by atoms with van der Waals surface area (Å²) in [5.74, 6) is 0.235. The standard InChI is InChI=1S/C28H32NO4.BrH/c1-29(20-21-32-25-16-9-4-10-17-25)19-11-18-26(22-29)33-27(30)28(31,23-12-5-2-6-13-23)24-14-7-3-8-15-24;/h2-10,12-17,26,31H,11,18-22H2,1H3;1H/q+1;/p-1/t26-,29-;/m1./s1. The minimum atomic E-state index is -1.85. The van der Waals surface area contributed by atoms with Crippen LogP contribution in [0, 0.1) is 0 Å². The Morgan fingerprint density at radius 3 is 2.03 bits per heavy atom. The van der Waals surface area contributed by atoms with Crippen LogP contribution in [-0.4, -0.2) is 55.0 Å². The number of carbonyl (C=O) groups excluding carboxylic acids is 1. The molecule has 0 bridgehead atoms. The summed E-state index contributed by atoms with van der Waals surface area (Å²) in [4.78, 5) is 13.4. The minimum absolute atomic E-state index is 0. The second-order valence-corrected chi connectivity index (χ2v) is 9.02. The van der Waals surface area contributed by atoms with E-state index in [1.54, 1.807) is 24.3 Å². The van der Waals surface area contributed by atoms with E-state index in [0.29, 0.717) is 24.3 Å². The van der Waals surface area contributed by atoms with Gasteiger partial charge in [-0.25, -0.2) is 4.79 Å². The van der Waals surface area contributed by atoms with Crippen LogP contribution < -0.4 is 21.7 Å². The molecule has 0 aliphatic carbocycles. The van der Waals surface area contributed by atoms with Crippen LogP contribution in [0.25, 0.3) is 0 Å². The topological polar surface area (TPSA) is 55.8 Å². The van der Waals surface area contributed by atoms with Crippen molar-refractivity contribution in [2.45, 2.75) is 24.5 Å². The van der Waals surface area contributed by atoms with Crippen LogP contribution in [0.4, 0.5) is 0 Å². The summed E-state index contributed by atoms with van der Waals surface area (Å²) in [5, 5.41) is 11.7. The number of hydrogen-bond donors (Lipinski definition) is 1. The van der Waals surface area contributed by atoms with E-state index in [2.05, 4.69) is 7.05 Å². The van der Waals surface area contributed by atoms with Crippen LogP contribution >= 0.6 is 0 Å². The second-order valence-electron chi connectivity index (χ2n) is 9.02. The van der Waals surface area contributed by atoms with E-state index < -0.39 is 11.6 Å². The zero-order valence-corrected chi connectivity index (χ0v) is 21.1. The lowest BCUT2D eigenvalue weighted by Crippen LogP contribution is -3.00. The average molecular weight is 526 g/mol. The Morgan fingerprint density at radius 1 is 0.941 bits per heavy atom. The van der Waals surface area contributed by atoms with Gasteiger partial charge in [0.2, 0.25) is 5.60 Å². The Hall–Kier alpha value is -2.67. The van der Waals surface area contributed by atoms with Crippen LogP contribution in [-0.2, 0) is 15.1 Å². The zero-order valence-electron chi connectivity index (χ0n) is 19.5. The van der Waals surface area contributed by atoms with Crippen molar-refractivity contribution in [1.29, 1.82) is 0 Å². The molecule has 0 unspecified atom stereocenters. The molecule has 0 amide bonds. The molecule has 1 saturated heterocycles. The highest BCUT2D eigenvalue weighted by atomic mass is 79.9. The number of likely N-dealkylation sites (N-methyl/N-ethyl adjacent to an activating group) is 1. The minimum Gasteiger partial charge on any atom is -1.00 e. The van der Waals surface area contributed by atoms with Crippen molar-refractivity contribution in [3.63, 3.8) is 0 Å². The van der Waals surface area contributed by atoms with Gasteiger partial charge in [-0.05, 0) is 29.7 Å². The number of para-hydroxylation sites is 1. The van der Waals surface area contributed by atoms with Gasteiger partial charge in [-0.15, -0.1) is 0 Å². The molecule has 1 aliphatic rings. The number of nitrogens with zero attached hydrogens (tertiary/aromatic N) is 1. The third-order valence-electron chi connectivity index (χ3n) is 6.46. The fraction of sp³-hybridized carbons (Fsp3) is 0.321. The molecule has 1 N–H and O–H groups in total. The van der Waals surface area contributed by atoms with Crippen molar-refractivity contribution in [3.05, 3.63) is 102 Å². The number of benzene rings is 3. The van der Waals surface area contributed by atoms with Crippen molar-refractivity contribution in [3.8, 4) is 5.75 Å². The average Bonchev–Trinajstić information content (AvgIpc) is 2.85. The number of likely N-dealkylation sites (tertiary alicyclic amines) is 1. The van der Waals surface area contributed by atoms with E-state index >= 15 is 0 Å². The summed E-state index contributed by atoms with van der Waals surface area (Å²) in [6.45, 7) is 3.13. The lowest BCUT2D eigenvalue weighted by Gasteiger charge is -2.41. The van der Waals surface area contributed by atoms with Gasteiger partial charge < -0.3 is 36.0 Å². The molecule has 0 radical (unpaired) electrons. The van der Waals surface area contributed by atoms with Gasteiger partial charge in [0.1, 0.15) is 25.4 Å². The normalized spacial score (nSPS) is 20.1. The maximum Gasteiger partial charge on any atom is 0.348 e. The number of ether oxygens (including phenoxy) is 2. The highest BCUT2D eigenvalue weighted by molar-refractivity contribution is 5.85. The Balaban J connectivity index is 0.00000324. The smallest absolute Gasteiger partial charge is 0.348 e. The highest BCUT2D eigenvalue weighted by Gasteiger charge is 2.44. The highest BCUT2D eigenvalue weighted by Crippen LogP contribution is 2.32. The molecule has 1 aliphatic heterocycles. The lowest BCUT2D eigenvalue weighted by molar-refractivity contribution is -0.917. The third kappa shape index (κ3) is 6.06. The summed E-state index contributed by atoms with van der Waals surface area (Å²) in [7, 11) is 2.18. The number of halogens is 1. The third-order valence-corrected chi connectivity index (χ3v) is 6.46. The monoisotopic (exact) mass is 525 g/mol. The van der Waals surface area contributed by atoms with Crippen LogP contribution in [0.3, 0.4) is 0 Å². The molecule has 0 spiro atoms. The number of esters is 1. The number of piperidine rings is 1. The first-order chi connectivity index (χ1) is 16.0. The molecular formula is C28H32BrNO4. The summed E-state index contributed by atoms with van der Waals surface area (Å²) < 4.78 is 12.6. The van der Waals surface area contributed by atoms with Crippen molar-refractivity contribution in [1.82, 2.24) is 0 Å². The van der Waals surface area contributed by atoms with Crippen LogP contribution in [0.5, 0.6) is 5.75 Å². The first-order valence-corrected chi connectivity index (χ1v) is 11.6. The van der Waals surface area contributed by atoms with Gasteiger partial charge in [0.05, 0.1) is 13.6 Å². The molecule has 4 rings (SSSR count). The summed E-state index contributed by atoms with van der Waals surface area (Å²) in [5.41, 5.74) is -0.837. The van der Waals surface area contributed by atoms with Gasteiger partial charge in [-0.2, -0.15) is 0 Å². The molecular weight excluding hydrogens is 494 g/mol. The van der Waals surface area contributed by atoms with Gasteiger partial charge in [0.15, 0.2) is 6.10 Å². The summed E-state index contributed by atoms with van der Waals surface area (Å²) in [6, 6.07) is 27.8. The SMILES string of the molecule is C[N@+]1(CCOc2ccccc2)CCC[C@@H](OC(=O)C(O)(c2ccccc2)c2ccccc2)C1.[Br-]. The molecule has 1 fully saturated rings. The number of aliphatic hydroxyl groups is 1. The van der Waals surface area contributed by atoms with Gasteiger partial charge >= 0.3 is 5.97 Å². The number of carbonyl (C=O) groups is 1. The lowest BCUT2D eigenvalue weighted by atomic mass is 9.86. The molecule has 1 heterocycles. The molecule has 0 saturated carbocycles. The molecule has 6 heteroatoms. The van der Waals surface area contributed by atoms with Gasteiger partial charge in [0.25, 0.3) is 0 Å². The van der Waals surface area contributed by atoms with Crippen LogP contribution in [0.15, 0.2) is 91.0 Å². The number of rotatable bonds is 8. The summed E-state index contributed by atoms with van der Waals surface area (Å²) >= 11 is 0. The first-order valence-electron chi connectivity index (χ1n) is 11.6. The van der Waals surface area contributed by atoms with E-state index in [1.807, 2.05) is 66.7 Å². The van der Waals surface area contributed by atoms with E-state index in [-0.39, 0.29) is 23.1 Å². The molecule has 3 aromatic carbocycles. The number of quaternary nitrogens is 1. The van der Waals surface area contributed by atoms with Gasteiger partial charge in [0, 0.05) is 6.42 Å². The van der Waals surface area contributed by atoms with E-state index in [4.69, 9.17) is 9.47 Å². The molecule has 3 aromatic rings. The maximum absolute atomic E-state index is 13.4. The van der Waals surface area contributed by atoms with Crippen LogP contribution in [0.2, 0.25) is 0 Å². The predicted octanol–water partition coefficient (Wildman–Crippen LogP) is 1.16. The van der Waals surface area contributed by atoms with E-state index in [0.717, 1.165) is 36.2 Å². The molecule has 5 nitrogen and oxygen atoms in total. The fourth-order valence-electron chi connectivity index (χ4n) is 4.57. The van der Waals surface area contributed by atoms with Gasteiger partial charge in [-0.1, -0.05) is 78.9 Å². The summed E-state index contributed by atoms with van der Waals surface area (Å²) in [6.07, 6.45) is 1.49. The van der Waals surface area contributed by atoms with Crippen molar-refractivity contribution in [2.75, 3.05) is 33.3 Å². The Kier molecular flexibility index (Phi) is 8.89. The molecule has 180 valence electrons. The van der Waals surface area contributed by atoms with Crippen molar-refractivity contribution in [2.24, 2.45) is 0 Å².